The van der Waals surface area contributed by atoms with Crippen LogP contribution in [0.1, 0.15) is 89.0 Å². The SMILES string of the molecule is Cc1cccc(CCC(C)c2cccc(C(C)C)c2N(C)C(C)(C)I)c1N(C)C(C)(C)I. The van der Waals surface area contributed by atoms with Gasteiger partial charge in [-0.15, -0.1) is 0 Å². The Morgan fingerprint density at radius 2 is 1.28 bits per heavy atom. The Kier molecular flexibility index (Phi) is 9.39. The topological polar surface area (TPSA) is 6.48 Å². The number of nitrogens with zero attached hydrogens (tertiary/aromatic N) is 2. The first-order valence-electron chi connectivity index (χ1n) is 11.7. The molecule has 0 aliphatic heterocycles. The van der Waals surface area contributed by atoms with Crippen LogP contribution in [0.3, 0.4) is 0 Å². The predicted molar refractivity (Wildman–Crippen MR) is 161 cm³/mol. The molecule has 0 bridgehead atoms. The molecule has 0 aliphatic rings. The fourth-order valence-electron chi connectivity index (χ4n) is 4.29. The highest BCUT2D eigenvalue weighted by molar-refractivity contribution is 14.1. The van der Waals surface area contributed by atoms with Crippen LogP contribution in [0.2, 0.25) is 0 Å². The molecule has 0 N–H and O–H groups in total. The molecule has 0 aliphatic carbocycles. The Morgan fingerprint density at radius 3 is 1.81 bits per heavy atom. The van der Waals surface area contributed by atoms with Crippen LogP contribution in [0.25, 0.3) is 0 Å². The van der Waals surface area contributed by atoms with Gasteiger partial charge in [0.05, 0.1) is 7.09 Å². The molecule has 178 valence electrons. The molecule has 0 radical (unpaired) electrons. The van der Waals surface area contributed by atoms with E-state index in [0.29, 0.717) is 11.8 Å². The molecule has 0 heterocycles. The summed E-state index contributed by atoms with van der Waals surface area (Å²) in [5.74, 6) is 0.984. The number of aryl methyl sites for hydroxylation is 2. The maximum atomic E-state index is 2.56. The van der Waals surface area contributed by atoms with E-state index in [2.05, 4.69) is 161 Å². The summed E-state index contributed by atoms with van der Waals surface area (Å²) < 4.78 is 0.118. The van der Waals surface area contributed by atoms with E-state index in [-0.39, 0.29) is 7.09 Å². The van der Waals surface area contributed by atoms with Gasteiger partial charge >= 0.3 is 0 Å². The summed E-state index contributed by atoms with van der Waals surface area (Å²) in [7, 11) is 4.48. The van der Waals surface area contributed by atoms with Gasteiger partial charge in [-0.2, -0.15) is 0 Å². The van der Waals surface area contributed by atoms with Crippen molar-refractivity contribution >= 4 is 56.6 Å². The van der Waals surface area contributed by atoms with Crippen LogP contribution in [-0.4, -0.2) is 21.2 Å². The third-order valence-electron chi connectivity index (χ3n) is 6.69. The van der Waals surface area contributed by atoms with Gasteiger partial charge in [0.25, 0.3) is 0 Å². The quantitative estimate of drug-likeness (QED) is 0.151. The second-order valence-electron chi connectivity index (χ2n) is 10.4. The normalized spacial score (nSPS) is 13.4. The number of hydrogen-bond donors (Lipinski definition) is 0. The molecular weight excluding hydrogens is 618 g/mol. The average molecular weight is 660 g/mol. The molecule has 2 aromatic rings. The number of rotatable bonds is 9. The lowest BCUT2D eigenvalue weighted by Gasteiger charge is -2.37. The van der Waals surface area contributed by atoms with Crippen molar-refractivity contribution in [1.29, 1.82) is 0 Å². The summed E-state index contributed by atoms with van der Waals surface area (Å²) >= 11 is 5.10. The third-order valence-corrected chi connectivity index (χ3v) is 8.13. The fraction of sp³-hybridized carbons (Fsp3) is 0.571. The lowest BCUT2D eigenvalue weighted by atomic mass is 9.87. The van der Waals surface area contributed by atoms with Gasteiger partial charge in [0.2, 0.25) is 0 Å². The number of alkyl halides is 2. The standard InChI is InChI=1S/C28H42I2N2/c1-19(2)23-15-12-16-24(26(23)32(10)28(7,8)30)20(3)17-18-22-14-11-13-21(4)25(22)31(9)27(5,6)29/h11-16,19-20H,17-18H2,1-10H3. The zero-order chi connectivity index (χ0) is 24.4. The molecule has 2 aromatic carbocycles. The molecular formula is C28H42I2N2. The van der Waals surface area contributed by atoms with Gasteiger partial charge in [0.1, 0.15) is 0 Å². The van der Waals surface area contributed by atoms with Gasteiger partial charge < -0.3 is 9.80 Å². The monoisotopic (exact) mass is 660 g/mol. The van der Waals surface area contributed by atoms with Crippen molar-refractivity contribution in [2.24, 2.45) is 0 Å². The second-order valence-corrected chi connectivity index (χ2v) is 15.7. The van der Waals surface area contributed by atoms with Crippen LogP contribution in [0.5, 0.6) is 0 Å². The van der Waals surface area contributed by atoms with Gasteiger partial charge in [-0.3, -0.25) is 0 Å². The molecule has 0 aromatic heterocycles. The average Bonchev–Trinajstić information content (AvgIpc) is 2.68. The summed E-state index contributed by atoms with van der Waals surface area (Å²) in [5.41, 5.74) is 8.54. The lowest BCUT2D eigenvalue weighted by molar-refractivity contribution is 0.655. The highest BCUT2D eigenvalue weighted by Crippen LogP contribution is 2.41. The molecule has 2 rings (SSSR count). The van der Waals surface area contributed by atoms with Crippen molar-refractivity contribution in [1.82, 2.24) is 0 Å². The molecule has 0 spiro atoms. The molecule has 1 atom stereocenters. The van der Waals surface area contributed by atoms with Crippen molar-refractivity contribution in [2.45, 2.75) is 87.2 Å². The Bertz CT molecular complexity index is 907. The van der Waals surface area contributed by atoms with Crippen LogP contribution in [0, 0.1) is 6.92 Å². The summed E-state index contributed by atoms with van der Waals surface area (Å²) in [4.78, 5) is 4.90. The van der Waals surface area contributed by atoms with Gasteiger partial charge in [0.15, 0.2) is 0 Å². The largest absolute Gasteiger partial charge is 0.360 e. The van der Waals surface area contributed by atoms with E-state index in [9.17, 15) is 0 Å². The van der Waals surface area contributed by atoms with Crippen molar-refractivity contribution in [3.05, 3.63) is 58.7 Å². The minimum Gasteiger partial charge on any atom is -0.360 e. The summed E-state index contributed by atoms with van der Waals surface area (Å²) in [5, 5.41) is 0. The molecule has 2 nitrogen and oxygen atoms in total. The first-order chi connectivity index (χ1) is 14.7. The summed E-state index contributed by atoms with van der Waals surface area (Å²) in [6.45, 7) is 18.4. The highest BCUT2D eigenvalue weighted by Gasteiger charge is 2.27. The molecule has 1 unspecified atom stereocenters. The zero-order valence-corrected chi connectivity index (χ0v) is 26.0. The molecule has 32 heavy (non-hydrogen) atoms. The van der Waals surface area contributed by atoms with Crippen LogP contribution < -0.4 is 9.80 Å². The van der Waals surface area contributed by atoms with Crippen LogP contribution >= 0.6 is 45.2 Å². The first kappa shape index (κ1) is 27.7. The number of hydrogen-bond acceptors (Lipinski definition) is 2. The number of benzene rings is 2. The first-order valence-corrected chi connectivity index (χ1v) is 13.9. The summed E-state index contributed by atoms with van der Waals surface area (Å²) in [6.07, 6.45) is 2.22. The predicted octanol–water partition coefficient (Wildman–Crippen LogP) is 9.07. The van der Waals surface area contributed by atoms with Gasteiger partial charge in [-0.1, -0.05) is 102 Å². The number of halogens is 2. The second kappa shape index (κ2) is 10.8. The Balaban J connectivity index is 2.41. The van der Waals surface area contributed by atoms with Crippen molar-refractivity contribution in [3.63, 3.8) is 0 Å². The van der Waals surface area contributed by atoms with E-state index in [4.69, 9.17) is 0 Å². The highest BCUT2D eigenvalue weighted by atomic mass is 127. The maximum absolute atomic E-state index is 2.56. The van der Waals surface area contributed by atoms with E-state index in [1.807, 2.05) is 0 Å². The van der Waals surface area contributed by atoms with Gasteiger partial charge in [0, 0.05) is 25.5 Å². The minimum absolute atomic E-state index is 0.0511. The van der Waals surface area contributed by atoms with Crippen molar-refractivity contribution in [2.75, 3.05) is 23.9 Å². The molecule has 4 heteroatoms. The summed E-state index contributed by atoms with van der Waals surface area (Å²) in [6, 6.07) is 13.7. The van der Waals surface area contributed by atoms with E-state index in [1.54, 1.807) is 0 Å². The molecule has 0 saturated carbocycles. The van der Waals surface area contributed by atoms with Crippen molar-refractivity contribution < 1.29 is 0 Å². The maximum Gasteiger partial charge on any atom is 0.0858 e. The van der Waals surface area contributed by atoms with E-state index >= 15 is 0 Å². The van der Waals surface area contributed by atoms with E-state index in [0.717, 1.165) is 12.8 Å². The van der Waals surface area contributed by atoms with E-state index < -0.39 is 0 Å². The van der Waals surface area contributed by atoms with Crippen LogP contribution in [0.4, 0.5) is 11.4 Å². The Labute approximate surface area is 224 Å². The lowest BCUT2D eigenvalue weighted by Crippen LogP contribution is -2.36. The Morgan fingerprint density at radius 1 is 0.781 bits per heavy atom. The van der Waals surface area contributed by atoms with Crippen LogP contribution in [-0.2, 0) is 6.42 Å². The van der Waals surface area contributed by atoms with E-state index in [1.165, 1.54) is 33.6 Å². The molecule has 0 fully saturated rings. The van der Waals surface area contributed by atoms with Gasteiger partial charge in [-0.05, 0) is 81.5 Å². The molecule has 0 saturated heterocycles. The minimum atomic E-state index is 0.0511. The Hall–Kier alpha value is -0.500. The molecule has 0 amide bonds. The number of para-hydroxylation sites is 2. The van der Waals surface area contributed by atoms with Gasteiger partial charge in [-0.25, -0.2) is 0 Å². The smallest absolute Gasteiger partial charge is 0.0858 e. The fourth-order valence-corrected chi connectivity index (χ4v) is 4.77. The number of anilines is 2. The van der Waals surface area contributed by atoms with Crippen LogP contribution in [0.15, 0.2) is 36.4 Å². The third kappa shape index (κ3) is 6.55. The zero-order valence-electron chi connectivity index (χ0n) is 21.7. The van der Waals surface area contributed by atoms with Crippen molar-refractivity contribution in [3.8, 4) is 0 Å².